The normalized spacial score (nSPS) is 41.3. The fourth-order valence-electron chi connectivity index (χ4n) is 5.41. The van der Waals surface area contributed by atoms with Crippen molar-refractivity contribution in [3.05, 3.63) is 5.69 Å². The molecule has 0 radical (unpaired) electrons. The highest BCUT2D eigenvalue weighted by atomic mass is 15.2. The molecule has 0 aromatic carbocycles. The van der Waals surface area contributed by atoms with Gasteiger partial charge in [-0.05, 0) is 56.3 Å². The maximum atomic E-state index is 5.97. The molecule has 4 nitrogen and oxygen atoms in total. The van der Waals surface area contributed by atoms with Crippen molar-refractivity contribution < 1.29 is 0 Å². The lowest BCUT2D eigenvalue weighted by molar-refractivity contribution is -0.00688. The molecule has 0 atom stereocenters. The monoisotopic (exact) mass is 246 g/mol. The van der Waals surface area contributed by atoms with Crippen LogP contribution in [0.4, 0.5) is 11.5 Å². The average Bonchev–Trinajstić information content (AvgIpc) is 2.69. The van der Waals surface area contributed by atoms with E-state index in [0.717, 1.165) is 23.4 Å². The van der Waals surface area contributed by atoms with Gasteiger partial charge in [0.05, 0.1) is 5.69 Å². The molecule has 0 spiro atoms. The zero-order valence-corrected chi connectivity index (χ0v) is 11.0. The first-order chi connectivity index (χ1) is 8.70. The summed E-state index contributed by atoms with van der Waals surface area (Å²) in [6.45, 7) is 0. The largest absolute Gasteiger partial charge is 0.384 e. The van der Waals surface area contributed by atoms with E-state index >= 15 is 0 Å². The summed E-state index contributed by atoms with van der Waals surface area (Å²) in [7, 11) is 1.95. The molecule has 4 aliphatic carbocycles. The van der Waals surface area contributed by atoms with Gasteiger partial charge < -0.3 is 11.1 Å². The quantitative estimate of drug-likeness (QED) is 0.751. The fraction of sp³-hybridized carbons (Fsp3) is 0.786. The Morgan fingerprint density at radius 2 is 1.72 bits per heavy atom. The molecule has 4 heteroatoms. The minimum Gasteiger partial charge on any atom is -0.384 e. The summed E-state index contributed by atoms with van der Waals surface area (Å²) in [5.74, 6) is 3.48. The van der Waals surface area contributed by atoms with Crippen LogP contribution in [0, 0.1) is 17.8 Å². The summed E-state index contributed by atoms with van der Waals surface area (Å²) in [6, 6.07) is 0. The van der Waals surface area contributed by atoms with Crippen LogP contribution in [0.3, 0.4) is 0 Å². The molecule has 4 fully saturated rings. The van der Waals surface area contributed by atoms with E-state index in [2.05, 4.69) is 15.5 Å². The van der Waals surface area contributed by atoms with Gasteiger partial charge in [0.1, 0.15) is 5.69 Å². The number of rotatable bonds is 2. The number of hydrogen-bond donors (Lipinski definition) is 3. The van der Waals surface area contributed by atoms with Crippen LogP contribution in [0.1, 0.15) is 44.2 Å². The predicted octanol–water partition coefficient (Wildman–Crippen LogP) is 2.50. The Bertz CT molecular complexity index is 441. The number of anilines is 2. The number of aromatic amines is 1. The molecule has 4 aliphatic rings. The summed E-state index contributed by atoms with van der Waals surface area (Å²) in [5, 5.41) is 10.7. The van der Waals surface area contributed by atoms with Gasteiger partial charge in [-0.1, -0.05) is 0 Å². The van der Waals surface area contributed by atoms with E-state index in [-0.39, 0.29) is 0 Å². The van der Waals surface area contributed by atoms with Crippen molar-refractivity contribution in [1.82, 2.24) is 10.2 Å². The molecule has 4 N–H and O–H groups in total. The SMILES string of the molecule is CNc1c(N)n[nH]c1C12CC3CC(CC(C3)C1)C2. The second-order valence-corrected chi connectivity index (χ2v) is 6.81. The third kappa shape index (κ3) is 1.29. The van der Waals surface area contributed by atoms with Crippen LogP contribution in [-0.4, -0.2) is 17.2 Å². The molecule has 0 amide bonds. The Morgan fingerprint density at radius 3 is 2.22 bits per heavy atom. The van der Waals surface area contributed by atoms with Gasteiger partial charge in [-0.25, -0.2) is 0 Å². The van der Waals surface area contributed by atoms with Crippen molar-refractivity contribution in [2.75, 3.05) is 18.1 Å². The van der Waals surface area contributed by atoms with Gasteiger partial charge in [-0.15, -0.1) is 0 Å². The van der Waals surface area contributed by atoms with E-state index in [9.17, 15) is 0 Å². The zero-order valence-electron chi connectivity index (χ0n) is 11.0. The average molecular weight is 246 g/mol. The molecular weight excluding hydrogens is 224 g/mol. The smallest absolute Gasteiger partial charge is 0.168 e. The number of aromatic nitrogens is 2. The third-order valence-electron chi connectivity index (χ3n) is 5.61. The highest BCUT2D eigenvalue weighted by molar-refractivity contribution is 5.66. The van der Waals surface area contributed by atoms with E-state index in [4.69, 9.17) is 5.73 Å². The summed E-state index contributed by atoms with van der Waals surface area (Å²) < 4.78 is 0. The van der Waals surface area contributed by atoms with Crippen LogP contribution in [0.15, 0.2) is 0 Å². The molecule has 0 saturated heterocycles. The maximum absolute atomic E-state index is 5.97. The second kappa shape index (κ2) is 3.43. The molecule has 4 saturated carbocycles. The molecule has 1 aromatic rings. The number of nitrogens with zero attached hydrogens (tertiary/aromatic N) is 1. The van der Waals surface area contributed by atoms with Crippen molar-refractivity contribution in [3.8, 4) is 0 Å². The van der Waals surface area contributed by atoms with Gasteiger partial charge in [-0.2, -0.15) is 5.10 Å². The van der Waals surface area contributed by atoms with Crippen molar-refractivity contribution in [1.29, 1.82) is 0 Å². The molecular formula is C14H22N4. The number of nitrogen functional groups attached to an aromatic ring is 1. The van der Waals surface area contributed by atoms with E-state index in [1.165, 1.54) is 44.2 Å². The molecule has 1 aromatic heterocycles. The Labute approximate surface area is 108 Å². The van der Waals surface area contributed by atoms with Crippen LogP contribution in [0.5, 0.6) is 0 Å². The van der Waals surface area contributed by atoms with Crippen LogP contribution < -0.4 is 11.1 Å². The van der Waals surface area contributed by atoms with E-state index in [1.807, 2.05) is 7.05 Å². The Balaban J connectivity index is 1.79. The Morgan fingerprint density at radius 1 is 1.17 bits per heavy atom. The Hall–Kier alpha value is -1.19. The summed E-state index contributed by atoms with van der Waals surface area (Å²) >= 11 is 0. The van der Waals surface area contributed by atoms with Gasteiger partial charge in [-0.3, -0.25) is 5.10 Å². The third-order valence-corrected chi connectivity index (χ3v) is 5.61. The van der Waals surface area contributed by atoms with Gasteiger partial charge in [0.15, 0.2) is 5.82 Å². The Kier molecular flexibility index (Phi) is 2.04. The van der Waals surface area contributed by atoms with E-state index < -0.39 is 0 Å². The molecule has 1 heterocycles. The van der Waals surface area contributed by atoms with Gasteiger partial charge >= 0.3 is 0 Å². The van der Waals surface area contributed by atoms with Gasteiger partial charge in [0, 0.05) is 12.5 Å². The first-order valence-electron chi connectivity index (χ1n) is 7.22. The lowest BCUT2D eigenvalue weighted by Gasteiger charge is -2.56. The highest BCUT2D eigenvalue weighted by Gasteiger charge is 2.53. The highest BCUT2D eigenvalue weighted by Crippen LogP contribution is 2.61. The lowest BCUT2D eigenvalue weighted by Crippen LogP contribution is -2.49. The first-order valence-corrected chi connectivity index (χ1v) is 7.22. The second-order valence-electron chi connectivity index (χ2n) is 6.81. The fourth-order valence-corrected chi connectivity index (χ4v) is 5.41. The predicted molar refractivity (Wildman–Crippen MR) is 72.4 cm³/mol. The standard InChI is InChI=1S/C14H22N4/c1-16-11-12(17-18-13(11)15)14-5-8-2-9(6-14)4-10(3-8)7-14/h8-10,16H,2-7H2,1H3,(H3,15,17,18). The number of H-pyrrole nitrogens is 1. The van der Waals surface area contributed by atoms with Crippen molar-refractivity contribution in [2.24, 2.45) is 17.8 Å². The number of nitrogens with one attached hydrogen (secondary N) is 2. The minimum absolute atomic E-state index is 0.345. The number of nitrogens with two attached hydrogens (primary N) is 1. The summed E-state index contributed by atoms with van der Waals surface area (Å²) in [6.07, 6.45) is 8.44. The topological polar surface area (TPSA) is 66.7 Å². The molecule has 0 aliphatic heterocycles. The minimum atomic E-state index is 0.345. The molecule has 0 unspecified atom stereocenters. The van der Waals surface area contributed by atoms with Crippen LogP contribution in [0.25, 0.3) is 0 Å². The molecule has 18 heavy (non-hydrogen) atoms. The van der Waals surface area contributed by atoms with Crippen LogP contribution in [0.2, 0.25) is 0 Å². The van der Waals surface area contributed by atoms with Crippen molar-refractivity contribution >= 4 is 11.5 Å². The van der Waals surface area contributed by atoms with Crippen LogP contribution >= 0.6 is 0 Å². The van der Waals surface area contributed by atoms with Crippen molar-refractivity contribution in [3.63, 3.8) is 0 Å². The van der Waals surface area contributed by atoms with Crippen LogP contribution in [-0.2, 0) is 5.41 Å². The van der Waals surface area contributed by atoms with E-state index in [0.29, 0.717) is 11.2 Å². The van der Waals surface area contributed by atoms with Gasteiger partial charge in [0.25, 0.3) is 0 Å². The van der Waals surface area contributed by atoms with E-state index in [1.54, 1.807) is 0 Å². The maximum Gasteiger partial charge on any atom is 0.168 e. The lowest BCUT2D eigenvalue weighted by atomic mass is 9.48. The molecule has 98 valence electrons. The summed E-state index contributed by atoms with van der Waals surface area (Å²) in [5.41, 5.74) is 8.66. The van der Waals surface area contributed by atoms with Gasteiger partial charge in [0.2, 0.25) is 0 Å². The van der Waals surface area contributed by atoms with Crippen molar-refractivity contribution in [2.45, 2.75) is 43.9 Å². The zero-order chi connectivity index (χ0) is 12.3. The molecule has 4 bridgehead atoms. The summed E-state index contributed by atoms with van der Waals surface area (Å²) in [4.78, 5) is 0. The number of hydrogen-bond acceptors (Lipinski definition) is 3. The molecule has 5 rings (SSSR count). The first kappa shape index (κ1) is 10.7.